The first-order valence-corrected chi connectivity index (χ1v) is 14.6. The number of benzene rings is 1. The van der Waals surface area contributed by atoms with Crippen LogP contribution in [0, 0.1) is 5.41 Å². The highest BCUT2D eigenvalue weighted by molar-refractivity contribution is 8.00. The van der Waals surface area contributed by atoms with Gasteiger partial charge in [0.1, 0.15) is 5.60 Å². The number of amides is 1. The zero-order chi connectivity index (χ0) is 26.5. The molecule has 1 N–H and O–H groups in total. The predicted molar refractivity (Wildman–Crippen MR) is 149 cm³/mol. The molecule has 0 radical (unpaired) electrons. The van der Waals surface area contributed by atoms with Crippen LogP contribution in [0.25, 0.3) is 15.9 Å². The standard InChI is InChI=1S/C27H32N6O3S2/c1-17-12-27(15-35-17)8-10-32(14-21(27)31-25(34)36-26(2,3)4)24-29-13-20(23-28-9-11-33(23)24)38-19-7-5-6-18-22(19)37-16-30-18/h5-7,9,11,13,16-17,21H,8,10,12,14-15H2,1-4H3,(H,31,34)/t17-,21?,27?/m0/s1. The molecule has 3 atom stereocenters. The van der Waals surface area contributed by atoms with Gasteiger partial charge in [0, 0.05) is 42.0 Å². The van der Waals surface area contributed by atoms with Crippen LogP contribution in [0.3, 0.4) is 0 Å². The molecule has 38 heavy (non-hydrogen) atoms. The smallest absolute Gasteiger partial charge is 0.407 e. The van der Waals surface area contributed by atoms with Crippen molar-refractivity contribution in [2.75, 3.05) is 24.6 Å². The van der Waals surface area contributed by atoms with E-state index >= 15 is 0 Å². The number of nitrogens with one attached hydrogen (secondary N) is 1. The zero-order valence-electron chi connectivity index (χ0n) is 22.0. The molecule has 1 amide bonds. The lowest BCUT2D eigenvalue weighted by atomic mass is 9.73. The monoisotopic (exact) mass is 552 g/mol. The van der Waals surface area contributed by atoms with Crippen LogP contribution >= 0.6 is 23.1 Å². The van der Waals surface area contributed by atoms with Gasteiger partial charge in [0.05, 0.1) is 39.4 Å². The second kappa shape index (κ2) is 9.69. The van der Waals surface area contributed by atoms with Gasteiger partial charge in [-0.05, 0) is 52.7 Å². The number of alkyl carbamates (subject to hydrolysis) is 1. The average Bonchev–Trinajstić information content (AvgIpc) is 3.60. The minimum Gasteiger partial charge on any atom is -0.444 e. The Labute approximate surface area is 230 Å². The molecule has 3 aromatic heterocycles. The third-order valence-corrected chi connectivity index (χ3v) is 9.33. The van der Waals surface area contributed by atoms with Gasteiger partial charge >= 0.3 is 6.09 Å². The van der Waals surface area contributed by atoms with Crippen molar-refractivity contribution in [3.63, 3.8) is 0 Å². The van der Waals surface area contributed by atoms with Gasteiger partial charge in [-0.1, -0.05) is 17.8 Å². The molecule has 5 heterocycles. The molecule has 4 aromatic rings. The maximum Gasteiger partial charge on any atom is 0.407 e. The first kappa shape index (κ1) is 25.4. The Hall–Kier alpha value is -2.89. The lowest BCUT2D eigenvalue weighted by Crippen LogP contribution is -2.60. The van der Waals surface area contributed by atoms with Gasteiger partial charge < -0.3 is 19.7 Å². The van der Waals surface area contributed by atoms with Crippen molar-refractivity contribution in [2.45, 2.75) is 68.1 Å². The number of hydrogen-bond acceptors (Lipinski definition) is 9. The quantitative estimate of drug-likeness (QED) is 0.360. The summed E-state index contributed by atoms with van der Waals surface area (Å²) in [5.74, 6) is 0.815. The molecule has 200 valence electrons. The average molecular weight is 553 g/mol. The molecule has 11 heteroatoms. The van der Waals surface area contributed by atoms with E-state index in [0.717, 1.165) is 51.0 Å². The Kier molecular flexibility index (Phi) is 6.48. The number of rotatable bonds is 4. The highest BCUT2D eigenvalue weighted by Crippen LogP contribution is 2.43. The molecule has 0 bridgehead atoms. The summed E-state index contributed by atoms with van der Waals surface area (Å²) in [4.78, 5) is 31.2. The molecular weight excluding hydrogens is 520 g/mol. The van der Waals surface area contributed by atoms with Crippen LogP contribution in [-0.2, 0) is 9.47 Å². The van der Waals surface area contributed by atoms with Crippen LogP contribution in [0.5, 0.6) is 0 Å². The molecule has 2 fully saturated rings. The summed E-state index contributed by atoms with van der Waals surface area (Å²) < 4.78 is 14.8. The first-order valence-electron chi connectivity index (χ1n) is 12.9. The Balaban J connectivity index is 1.28. The lowest BCUT2D eigenvalue weighted by molar-refractivity contribution is 0.0385. The number of aromatic nitrogens is 4. The van der Waals surface area contributed by atoms with Crippen molar-refractivity contribution in [2.24, 2.45) is 5.41 Å². The summed E-state index contributed by atoms with van der Waals surface area (Å²) in [6.07, 6.45) is 7.25. The number of carbonyl (C=O) groups is 1. The zero-order valence-corrected chi connectivity index (χ0v) is 23.6. The summed E-state index contributed by atoms with van der Waals surface area (Å²) in [6, 6.07) is 6.04. The molecule has 6 rings (SSSR count). The first-order chi connectivity index (χ1) is 18.2. The fourth-order valence-corrected chi connectivity index (χ4v) is 7.43. The van der Waals surface area contributed by atoms with Crippen molar-refractivity contribution in [3.05, 3.63) is 42.3 Å². The molecule has 2 saturated heterocycles. The molecule has 0 saturated carbocycles. The van der Waals surface area contributed by atoms with Crippen LogP contribution in [0.15, 0.2) is 52.1 Å². The molecule has 1 aromatic carbocycles. The largest absolute Gasteiger partial charge is 0.444 e. The number of ether oxygens (including phenoxy) is 2. The van der Waals surface area contributed by atoms with Crippen LogP contribution in [-0.4, -0.2) is 62.9 Å². The van der Waals surface area contributed by atoms with Crippen LogP contribution in [0.2, 0.25) is 0 Å². The topological polar surface area (TPSA) is 93.9 Å². The normalized spacial score (nSPS) is 23.9. The minimum absolute atomic E-state index is 0.121. The molecule has 2 aliphatic rings. The molecule has 2 unspecified atom stereocenters. The van der Waals surface area contributed by atoms with Crippen molar-refractivity contribution in [1.82, 2.24) is 24.7 Å². The molecular formula is C27H32N6O3S2. The minimum atomic E-state index is -0.563. The number of thiazole rings is 1. The van der Waals surface area contributed by atoms with Crippen molar-refractivity contribution in [1.29, 1.82) is 0 Å². The Bertz CT molecular complexity index is 1480. The Morgan fingerprint density at radius 3 is 2.92 bits per heavy atom. The summed E-state index contributed by atoms with van der Waals surface area (Å²) in [6.45, 7) is 9.80. The molecule has 2 aliphatic heterocycles. The van der Waals surface area contributed by atoms with E-state index in [2.05, 4.69) is 33.2 Å². The van der Waals surface area contributed by atoms with Crippen molar-refractivity contribution < 1.29 is 14.3 Å². The maximum absolute atomic E-state index is 12.8. The summed E-state index contributed by atoms with van der Waals surface area (Å²) in [7, 11) is 0. The van der Waals surface area contributed by atoms with Gasteiger partial charge in [-0.25, -0.2) is 19.7 Å². The number of piperidine rings is 1. The Morgan fingerprint density at radius 1 is 1.26 bits per heavy atom. The predicted octanol–water partition coefficient (Wildman–Crippen LogP) is 5.39. The number of fused-ring (bicyclic) bond motifs is 2. The number of carbonyl (C=O) groups excluding carboxylic acids is 1. The van der Waals surface area contributed by atoms with E-state index in [1.807, 2.05) is 61.4 Å². The van der Waals surface area contributed by atoms with Crippen LogP contribution in [0.4, 0.5) is 10.7 Å². The van der Waals surface area contributed by atoms with Crippen LogP contribution < -0.4 is 10.2 Å². The Morgan fingerprint density at radius 2 is 2.13 bits per heavy atom. The van der Waals surface area contributed by atoms with Gasteiger partial charge in [0.2, 0.25) is 5.95 Å². The second-order valence-corrected chi connectivity index (χ2v) is 13.1. The van der Waals surface area contributed by atoms with E-state index < -0.39 is 11.7 Å². The van der Waals surface area contributed by atoms with Gasteiger partial charge in [0.25, 0.3) is 0 Å². The van der Waals surface area contributed by atoms with Crippen molar-refractivity contribution in [3.8, 4) is 0 Å². The van der Waals surface area contributed by atoms with E-state index in [1.54, 1.807) is 23.1 Å². The molecule has 1 spiro atoms. The van der Waals surface area contributed by atoms with Gasteiger partial charge in [-0.3, -0.25) is 4.40 Å². The third kappa shape index (κ3) is 4.83. The van der Waals surface area contributed by atoms with Crippen LogP contribution in [0.1, 0.15) is 40.5 Å². The molecule has 9 nitrogen and oxygen atoms in total. The number of nitrogens with zero attached hydrogens (tertiary/aromatic N) is 5. The number of hydrogen-bond donors (Lipinski definition) is 1. The fraction of sp³-hybridized carbons (Fsp3) is 0.481. The van der Waals surface area contributed by atoms with E-state index in [9.17, 15) is 4.79 Å². The van der Waals surface area contributed by atoms with Gasteiger partial charge in [-0.2, -0.15) is 0 Å². The number of imidazole rings is 1. The lowest BCUT2D eigenvalue weighted by Gasteiger charge is -2.45. The number of anilines is 1. The molecule has 0 aliphatic carbocycles. The van der Waals surface area contributed by atoms with E-state index in [1.165, 1.54) is 0 Å². The summed E-state index contributed by atoms with van der Waals surface area (Å²) >= 11 is 3.30. The highest BCUT2D eigenvalue weighted by Gasteiger charge is 2.49. The van der Waals surface area contributed by atoms with E-state index in [4.69, 9.17) is 14.5 Å². The SMILES string of the molecule is C[C@H]1CC2(CCN(c3ncc(Sc4cccc5ncsc45)c4nccn34)CC2NC(=O)OC(C)(C)C)CO1. The van der Waals surface area contributed by atoms with Gasteiger partial charge in [0.15, 0.2) is 5.65 Å². The summed E-state index contributed by atoms with van der Waals surface area (Å²) in [5.41, 5.74) is 3.05. The van der Waals surface area contributed by atoms with Gasteiger partial charge in [-0.15, -0.1) is 11.3 Å². The van der Waals surface area contributed by atoms with E-state index in [-0.39, 0.29) is 17.6 Å². The van der Waals surface area contributed by atoms with E-state index in [0.29, 0.717) is 13.2 Å². The third-order valence-electron chi connectivity index (χ3n) is 7.26. The second-order valence-electron chi connectivity index (χ2n) is 11.2. The maximum atomic E-state index is 12.8. The summed E-state index contributed by atoms with van der Waals surface area (Å²) in [5, 5.41) is 3.18. The van der Waals surface area contributed by atoms with Crippen molar-refractivity contribution >= 4 is 51.0 Å². The fourth-order valence-electron chi connectivity index (χ4n) is 5.53. The highest BCUT2D eigenvalue weighted by atomic mass is 32.2.